The second-order valence-electron chi connectivity index (χ2n) is 3.43. The first-order chi connectivity index (χ1) is 9.12. The van der Waals surface area contributed by atoms with Crippen LogP contribution in [0.5, 0.6) is 0 Å². The molecule has 1 aromatic carbocycles. The summed E-state index contributed by atoms with van der Waals surface area (Å²) >= 11 is 1.27. The Morgan fingerprint density at radius 3 is 2.68 bits per heavy atom. The molecule has 2 rings (SSSR count). The van der Waals surface area contributed by atoms with Crippen molar-refractivity contribution in [3.05, 3.63) is 52.2 Å². The van der Waals surface area contributed by atoms with E-state index < -0.39 is 10.1 Å². The van der Waals surface area contributed by atoms with Gasteiger partial charge >= 0.3 is 10.1 Å². The first kappa shape index (κ1) is 13.3. The lowest BCUT2D eigenvalue weighted by Gasteiger charge is -1.99. The molecule has 0 atom stereocenters. The third-order valence-corrected chi connectivity index (χ3v) is 4.10. The van der Waals surface area contributed by atoms with E-state index in [2.05, 4.69) is 9.44 Å². The Balaban J connectivity index is 2.08. The molecule has 7 heteroatoms. The Kier molecular flexibility index (Phi) is 3.94. The van der Waals surface area contributed by atoms with Crippen molar-refractivity contribution in [3.63, 3.8) is 0 Å². The van der Waals surface area contributed by atoms with Crippen molar-refractivity contribution in [1.29, 1.82) is 5.26 Å². The fourth-order valence-electron chi connectivity index (χ4n) is 1.24. The fourth-order valence-corrected chi connectivity index (χ4v) is 2.66. The van der Waals surface area contributed by atoms with E-state index in [1.54, 1.807) is 29.6 Å². The van der Waals surface area contributed by atoms with Gasteiger partial charge in [0.2, 0.25) is 0 Å². The number of rotatable bonds is 4. The first-order valence-electron chi connectivity index (χ1n) is 5.12. The molecule has 0 radical (unpaired) electrons. The van der Waals surface area contributed by atoms with Crippen LogP contribution in [0.25, 0.3) is 0 Å². The second-order valence-corrected chi connectivity index (χ2v) is 5.90. The van der Waals surface area contributed by atoms with Crippen molar-refractivity contribution in [2.45, 2.75) is 4.90 Å². The minimum atomic E-state index is -3.89. The largest absolute Gasteiger partial charge is 0.358 e. The van der Waals surface area contributed by atoms with Crippen molar-refractivity contribution < 1.29 is 12.7 Å². The minimum absolute atomic E-state index is 0.0380. The maximum absolute atomic E-state index is 11.7. The highest BCUT2D eigenvalue weighted by molar-refractivity contribution is 7.86. The average molecular weight is 292 g/mol. The summed E-state index contributed by atoms with van der Waals surface area (Å²) in [4.78, 5) is 0.677. The lowest BCUT2D eigenvalue weighted by molar-refractivity contribution is 0.341. The van der Waals surface area contributed by atoms with Crippen molar-refractivity contribution in [2.24, 2.45) is 5.16 Å². The number of thiophene rings is 1. The predicted molar refractivity (Wildman–Crippen MR) is 71.3 cm³/mol. The van der Waals surface area contributed by atoms with Crippen LogP contribution < -0.4 is 0 Å². The Labute approximate surface area is 114 Å². The molecule has 0 bridgehead atoms. The molecule has 0 saturated carbocycles. The normalized spacial score (nSPS) is 11.3. The van der Waals surface area contributed by atoms with Gasteiger partial charge in [-0.15, -0.1) is 11.3 Å². The zero-order valence-corrected chi connectivity index (χ0v) is 11.2. The third-order valence-electron chi connectivity index (χ3n) is 2.10. The number of benzene rings is 1. The molecule has 0 aliphatic carbocycles. The molecule has 0 aliphatic rings. The minimum Gasteiger partial charge on any atom is -0.265 e. The van der Waals surface area contributed by atoms with Crippen LogP contribution in [0, 0.1) is 11.3 Å². The molecule has 0 saturated heterocycles. The molecule has 0 N–H and O–H groups in total. The van der Waals surface area contributed by atoms with Crippen LogP contribution in [0.15, 0.2) is 51.8 Å². The number of nitriles is 1. The summed E-state index contributed by atoms with van der Waals surface area (Å²) in [5.41, 5.74) is 0.498. The van der Waals surface area contributed by atoms with Crippen molar-refractivity contribution in [3.8, 4) is 6.07 Å². The average Bonchev–Trinajstić information content (AvgIpc) is 2.87. The second kappa shape index (κ2) is 5.65. The topological polar surface area (TPSA) is 79.5 Å². The molecule has 96 valence electrons. The lowest BCUT2D eigenvalue weighted by atomic mass is 10.3. The van der Waals surface area contributed by atoms with Crippen LogP contribution in [0.4, 0.5) is 0 Å². The lowest BCUT2D eigenvalue weighted by Crippen LogP contribution is -2.02. The van der Waals surface area contributed by atoms with Gasteiger partial charge in [0, 0.05) is 5.38 Å². The Morgan fingerprint density at radius 2 is 2.05 bits per heavy atom. The fraction of sp³-hybridized carbons (Fsp3) is 0. The molecule has 2 aromatic rings. The van der Waals surface area contributed by atoms with Crippen LogP contribution in [0.3, 0.4) is 0 Å². The molecule has 19 heavy (non-hydrogen) atoms. The van der Waals surface area contributed by atoms with E-state index in [1.165, 1.54) is 29.7 Å². The van der Waals surface area contributed by atoms with Gasteiger partial charge in [-0.25, -0.2) is 0 Å². The van der Waals surface area contributed by atoms with Crippen LogP contribution in [-0.2, 0) is 14.4 Å². The van der Waals surface area contributed by atoms with E-state index in [4.69, 9.17) is 5.26 Å². The number of hydrogen-bond acceptors (Lipinski definition) is 6. The molecule has 1 heterocycles. The summed E-state index contributed by atoms with van der Waals surface area (Å²) in [5.74, 6) is 0. The summed E-state index contributed by atoms with van der Waals surface area (Å²) in [7, 11) is -3.89. The van der Waals surface area contributed by atoms with Gasteiger partial charge in [-0.1, -0.05) is 23.4 Å². The Hall–Kier alpha value is -2.17. The first-order valence-corrected chi connectivity index (χ1v) is 7.41. The summed E-state index contributed by atoms with van der Waals surface area (Å²) < 4.78 is 27.9. The highest BCUT2D eigenvalue weighted by Gasteiger charge is 2.14. The smallest absolute Gasteiger partial charge is 0.265 e. The van der Waals surface area contributed by atoms with E-state index in [0.29, 0.717) is 10.4 Å². The van der Waals surface area contributed by atoms with Crippen LogP contribution in [-0.4, -0.2) is 14.6 Å². The van der Waals surface area contributed by atoms with Gasteiger partial charge in [0.15, 0.2) is 0 Å². The molecule has 0 fully saturated rings. The number of nitrogens with zero attached hydrogens (tertiary/aromatic N) is 2. The molecular weight excluding hydrogens is 284 g/mol. The van der Waals surface area contributed by atoms with Gasteiger partial charge in [-0.2, -0.15) is 13.7 Å². The van der Waals surface area contributed by atoms with Gasteiger partial charge in [0.1, 0.15) is 11.0 Å². The quantitative estimate of drug-likeness (QED) is 0.640. The van der Waals surface area contributed by atoms with E-state index in [1.807, 2.05) is 6.07 Å². The molecule has 0 aliphatic heterocycles. The summed E-state index contributed by atoms with van der Waals surface area (Å²) in [6.45, 7) is 0. The van der Waals surface area contributed by atoms with Gasteiger partial charge in [-0.3, -0.25) is 4.28 Å². The molecular formula is C12H8N2O3S2. The SMILES string of the molecule is N#Cc1csc(C=NOS(=O)(=O)c2ccccc2)c1. The number of hydrogen-bond donors (Lipinski definition) is 0. The van der Waals surface area contributed by atoms with Gasteiger partial charge in [-0.05, 0) is 18.2 Å². The highest BCUT2D eigenvalue weighted by atomic mass is 32.2. The molecule has 0 spiro atoms. The van der Waals surface area contributed by atoms with Crippen molar-refractivity contribution in [2.75, 3.05) is 0 Å². The van der Waals surface area contributed by atoms with Gasteiger partial charge in [0.05, 0.1) is 16.7 Å². The van der Waals surface area contributed by atoms with Crippen LogP contribution in [0.2, 0.25) is 0 Å². The predicted octanol–water partition coefficient (Wildman–Crippen LogP) is 2.36. The highest BCUT2D eigenvalue weighted by Crippen LogP contribution is 2.13. The molecule has 0 unspecified atom stereocenters. The molecule has 0 amide bonds. The summed E-state index contributed by atoms with van der Waals surface area (Å²) in [5, 5.41) is 13.7. The Bertz CT molecular complexity index is 728. The van der Waals surface area contributed by atoms with E-state index >= 15 is 0 Å². The standard InChI is InChI=1S/C12H8N2O3S2/c13-7-10-6-11(18-9-10)8-14-17-19(15,16)12-4-2-1-3-5-12/h1-6,8-9H. The van der Waals surface area contributed by atoms with Crippen LogP contribution >= 0.6 is 11.3 Å². The third kappa shape index (κ3) is 3.40. The zero-order valence-electron chi connectivity index (χ0n) is 9.55. The maximum Gasteiger partial charge on any atom is 0.358 e. The van der Waals surface area contributed by atoms with E-state index in [9.17, 15) is 8.42 Å². The number of oxime groups is 1. The Morgan fingerprint density at radius 1 is 1.32 bits per heavy atom. The zero-order chi connectivity index (χ0) is 13.7. The van der Waals surface area contributed by atoms with Gasteiger partial charge in [0.25, 0.3) is 0 Å². The summed E-state index contributed by atoms with van der Waals surface area (Å²) in [6.07, 6.45) is 1.26. The van der Waals surface area contributed by atoms with Crippen molar-refractivity contribution in [1.82, 2.24) is 0 Å². The van der Waals surface area contributed by atoms with Crippen LogP contribution in [0.1, 0.15) is 10.4 Å². The van der Waals surface area contributed by atoms with E-state index in [0.717, 1.165) is 0 Å². The molecule has 5 nitrogen and oxygen atoms in total. The van der Waals surface area contributed by atoms with Gasteiger partial charge < -0.3 is 0 Å². The van der Waals surface area contributed by atoms with Crippen molar-refractivity contribution >= 4 is 27.7 Å². The summed E-state index contributed by atoms with van der Waals surface area (Å²) in [6, 6.07) is 11.3. The molecule has 1 aromatic heterocycles. The monoisotopic (exact) mass is 292 g/mol. The maximum atomic E-state index is 11.7. The van der Waals surface area contributed by atoms with E-state index in [-0.39, 0.29) is 4.90 Å².